The fraction of sp³-hybridized carbons (Fsp3) is 0.417. The lowest BCUT2D eigenvalue weighted by atomic mass is 9.51. The van der Waals surface area contributed by atoms with E-state index in [9.17, 15) is 24.3 Å². The summed E-state index contributed by atoms with van der Waals surface area (Å²) >= 11 is 0. The van der Waals surface area contributed by atoms with Crippen LogP contribution in [-0.4, -0.2) is 37.7 Å². The van der Waals surface area contributed by atoms with Gasteiger partial charge in [0.25, 0.3) is 0 Å². The Morgan fingerprint density at radius 3 is 2.58 bits per heavy atom. The van der Waals surface area contributed by atoms with E-state index in [0.29, 0.717) is 16.9 Å². The highest BCUT2D eigenvalue weighted by molar-refractivity contribution is 6.13. The third kappa shape index (κ3) is 2.65. The Balaban J connectivity index is 1.82. The summed E-state index contributed by atoms with van der Waals surface area (Å²) < 4.78 is 9.17. The van der Waals surface area contributed by atoms with Gasteiger partial charge in [0, 0.05) is 24.4 Å². The minimum atomic E-state index is -1.16. The highest BCUT2D eigenvalue weighted by atomic mass is 16.5. The van der Waals surface area contributed by atoms with E-state index >= 15 is 0 Å². The van der Waals surface area contributed by atoms with Crippen LogP contribution in [0.15, 0.2) is 51.1 Å². The normalized spacial score (nSPS) is 28.4. The number of aromatic nitrogens is 3. The van der Waals surface area contributed by atoms with Crippen molar-refractivity contribution in [2.45, 2.75) is 38.8 Å². The molecular formula is C24H25N3O6. The molecule has 9 nitrogen and oxygen atoms in total. The van der Waals surface area contributed by atoms with Crippen LogP contribution in [0.3, 0.4) is 0 Å². The topological polar surface area (TPSA) is 113 Å². The first kappa shape index (κ1) is 21.2. The molecule has 0 radical (unpaired) electrons. The van der Waals surface area contributed by atoms with Gasteiger partial charge in [0.05, 0.1) is 25.1 Å². The molecule has 9 heteroatoms. The molecule has 0 amide bonds. The summed E-state index contributed by atoms with van der Waals surface area (Å²) in [5.74, 6) is -1.30. The highest BCUT2D eigenvalue weighted by Crippen LogP contribution is 2.60. The molecule has 0 spiro atoms. The van der Waals surface area contributed by atoms with Crippen molar-refractivity contribution in [3.8, 4) is 11.5 Å². The van der Waals surface area contributed by atoms with Gasteiger partial charge in [-0.25, -0.2) is 23.5 Å². The summed E-state index contributed by atoms with van der Waals surface area (Å²) in [5, 5.41) is 10.9. The molecule has 0 bridgehead atoms. The largest absolute Gasteiger partial charge is 0.508 e. The Labute approximate surface area is 189 Å². The lowest BCUT2D eigenvalue weighted by Gasteiger charge is -2.52. The number of ketones is 2. The van der Waals surface area contributed by atoms with Crippen LogP contribution in [0.1, 0.15) is 37.8 Å². The standard InChI is InChI=1S/C24H25N3O6/c1-12-9-19(29)16-11-17-14(7-8-26-22(31)25(3)23(32)27(17)26)20(24(16,2)21(12)30)15-10-13(33-4)5-6-18(15)28/h5-7,9-10,16-17,20,28H,8,11H2,1-4H3/t16-,17+,20+,24+/m0/s1. The van der Waals surface area contributed by atoms with Crippen molar-refractivity contribution in [1.82, 2.24) is 13.9 Å². The number of phenols is 1. The second kappa shape index (κ2) is 6.94. The predicted octanol–water partition coefficient (Wildman–Crippen LogP) is 1.45. The van der Waals surface area contributed by atoms with Crippen molar-refractivity contribution < 1.29 is 19.4 Å². The number of allylic oxidation sites excluding steroid dienone is 4. The monoisotopic (exact) mass is 451 g/mol. The van der Waals surface area contributed by atoms with Gasteiger partial charge in [-0.15, -0.1) is 0 Å². The minimum Gasteiger partial charge on any atom is -0.508 e. The van der Waals surface area contributed by atoms with Gasteiger partial charge >= 0.3 is 11.4 Å². The van der Waals surface area contributed by atoms with E-state index in [1.54, 1.807) is 26.0 Å². The number of carbonyl (C=O) groups is 2. The van der Waals surface area contributed by atoms with Crippen LogP contribution >= 0.6 is 0 Å². The number of phenolic OH excluding ortho intramolecular Hbond substituents is 1. The van der Waals surface area contributed by atoms with Crippen molar-refractivity contribution in [3.05, 3.63) is 68.0 Å². The first-order chi connectivity index (χ1) is 15.6. The number of ether oxygens (including phenoxy) is 1. The van der Waals surface area contributed by atoms with E-state index in [4.69, 9.17) is 4.74 Å². The SMILES string of the molecule is COc1ccc(O)c([C@H]2C3=CCn4c(=O)n(C)c(=O)n4[C@@H]3C[C@H]3C(=O)C=C(C)C(=O)[C@@]23C)c1. The first-order valence-corrected chi connectivity index (χ1v) is 10.8. The fourth-order valence-corrected chi connectivity index (χ4v) is 6.00. The summed E-state index contributed by atoms with van der Waals surface area (Å²) in [7, 11) is 2.93. The van der Waals surface area contributed by atoms with E-state index in [2.05, 4.69) is 0 Å². The van der Waals surface area contributed by atoms with E-state index in [0.717, 1.165) is 10.1 Å². The summed E-state index contributed by atoms with van der Waals surface area (Å²) in [5.41, 5.74) is -0.521. The number of carbonyl (C=O) groups excluding carboxylic acids is 2. The Morgan fingerprint density at radius 2 is 1.88 bits per heavy atom. The van der Waals surface area contributed by atoms with Gasteiger partial charge in [0.1, 0.15) is 11.5 Å². The molecular weight excluding hydrogens is 426 g/mol. The molecule has 2 heterocycles. The van der Waals surface area contributed by atoms with Crippen molar-refractivity contribution in [2.75, 3.05) is 7.11 Å². The molecule has 172 valence electrons. The van der Waals surface area contributed by atoms with Gasteiger partial charge in [-0.2, -0.15) is 0 Å². The average molecular weight is 451 g/mol. The summed E-state index contributed by atoms with van der Waals surface area (Å²) in [6.07, 6.45) is 3.43. The van der Waals surface area contributed by atoms with Gasteiger partial charge in [-0.3, -0.25) is 9.59 Å². The molecule has 2 aliphatic carbocycles. The Kier molecular flexibility index (Phi) is 4.46. The number of rotatable bonds is 2. The second-order valence-corrected chi connectivity index (χ2v) is 9.26. The molecule has 3 aliphatic rings. The molecule has 33 heavy (non-hydrogen) atoms. The zero-order chi connectivity index (χ0) is 23.8. The lowest BCUT2D eigenvalue weighted by Crippen LogP contribution is -2.54. The average Bonchev–Trinajstić information content (AvgIpc) is 3.01. The molecule has 1 aromatic carbocycles. The zero-order valence-corrected chi connectivity index (χ0v) is 18.9. The maximum Gasteiger partial charge on any atom is 0.347 e. The summed E-state index contributed by atoms with van der Waals surface area (Å²) in [6.45, 7) is 3.55. The predicted molar refractivity (Wildman–Crippen MR) is 118 cm³/mol. The maximum atomic E-state index is 13.6. The first-order valence-electron chi connectivity index (χ1n) is 10.8. The molecule has 0 saturated heterocycles. The van der Waals surface area contributed by atoms with Crippen LogP contribution in [0.4, 0.5) is 0 Å². The number of Topliss-reactive ketones (excluding diaryl/α,β-unsaturated/α-hetero) is 1. The maximum absolute atomic E-state index is 13.6. The number of benzene rings is 1. The fourth-order valence-electron chi connectivity index (χ4n) is 6.00. The summed E-state index contributed by atoms with van der Waals surface area (Å²) in [4.78, 5) is 52.4. The highest BCUT2D eigenvalue weighted by Gasteiger charge is 2.59. The molecule has 1 fully saturated rings. The number of aromatic hydroxyl groups is 1. The molecule has 0 unspecified atom stereocenters. The van der Waals surface area contributed by atoms with Crippen molar-refractivity contribution in [1.29, 1.82) is 0 Å². The van der Waals surface area contributed by atoms with E-state index in [-0.39, 0.29) is 30.3 Å². The molecule has 5 rings (SSSR count). The van der Waals surface area contributed by atoms with Crippen molar-refractivity contribution in [3.63, 3.8) is 0 Å². The van der Waals surface area contributed by atoms with Crippen LogP contribution in [0, 0.1) is 11.3 Å². The molecule has 1 aromatic heterocycles. The number of methoxy groups -OCH3 is 1. The Morgan fingerprint density at radius 1 is 1.15 bits per heavy atom. The van der Waals surface area contributed by atoms with Crippen LogP contribution in [0.25, 0.3) is 0 Å². The third-order valence-corrected chi connectivity index (χ3v) is 7.64. The number of hydrogen-bond donors (Lipinski definition) is 1. The van der Waals surface area contributed by atoms with Crippen LogP contribution in [0.5, 0.6) is 11.5 Å². The number of fused-ring (bicyclic) bond motifs is 4. The van der Waals surface area contributed by atoms with Gasteiger partial charge in [-0.05, 0) is 48.8 Å². The van der Waals surface area contributed by atoms with Crippen LogP contribution in [-0.2, 0) is 23.2 Å². The molecule has 4 atom stereocenters. The van der Waals surface area contributed by atoms with Crippen molar-refractivity contribution in [2.24, 2.45) is 18.4 Å². The van der Waals surface area contributed by atoms with Crippen molar-refractivity contribution >= 4 is 11.6 Å². The third-order valence-electron chi connectivity index (χ3n) is 7.64. The molecule has 1 aliphatic heterocycles. The van der Waals surface area contributed by atoms with Crippen LogP contribution in [0.2, 0.25) is 0 Å². The number of hydrogen-bond acceptors (Lipinski definition) is 6. The molecule has 1 N–H and O–H groups in total. The minimum absolute atomic E-state index is 0.0295. The second-order valence-electron chi connectivity index (χ2n) is 9.26. The Bertz CT molecular complexity index is 1400. The van der Waals surface area contributed by atoms with E-state index in [1.807, 2.05) is 6.08 Å². The molecule has 1 saturated carbocycles. The van der Waals surface area contributed by atoms with E-state index in [1.165, 1.54) is 35.7 Å². The number of nitrogens with zero attached hydrogens (tertiary/aromatic N) is 3. The lowest BCUT2D eigenvalue weighted by molar-refractivity contribution is -0.139. The smallest absolute Gasteiger partial charge is 0.347 e. The quantitative estimate of drug-likeness (QED) is 0.692. The van der Waals surface area contributed by atoms with Gasteiger partial charge in [-0.1, -0.05) is 13.0 Å². The summed E-state index contributed by atoms with van der Waals surface area (Å²) in [6, 6.07) is 4.19. The van der Waals surface area contributed by atoms with Gasteiger partial charge < -0.3 is 9.84 Å². The molecule has 2 aromatic rings. The van der Waals surface area contributed by atoms with Gasteiger partial charge in [0.2, 0.25) is 0 Å². The zero-order valence-electron chi connectivity index (χ0n) is 18.9. The van der Waals surface area contributed by atoms with E-state index < -0.39 is 34.7 Å². The van der Waals surface area contributed by atoms with Crippen LogP contribution < -0.4 is 16.1 Å². The van der Waals surface area contributed by atoms with Gasteiger partial charge in [0.15, 0.2) is 11.6 Å². The Hall–Kier alpha value is -3.62.